The molecule has 0 atom stereocenters. The molecule has 2 aromatic rings. The van der Waals surface area contributed by atoms with Crippen LogP contribution in [0.25, 0.3) is 11.9 Å². The molecule has 0 bridgehead atoms. The SMILES string of the molecule is OC/C=C/c1ccc(-n2cccn2)nc1. The van der Waals surface area contributed by atoms with E-state index in [2.05, 4.69) is 10.1 Å². The number of hydrogen-bond donors (Lipinski definition) is 1. The molecule has 0 radical (unpaired) electrons. The monoisotopic (exact) mass is 201 g/mol. The Bertz CT molecular complexity index is 431. The van der Waals surface area contributed by atoms with E-state index >= 15 is 0 Å². The van der Waals surface area contributed by atoms with Gasteiger partial charge in [-0.2, -0.15) is 5.10 Å². The van der Waals surface area contributed by atoms with Gasteiger partial charge in [-0.1, -0.05) is 12.2 Å². The number of aromatic nitrogens is 3. The molecule has 0 aliphatic carbocycles. The molecule has 0 aromatic carbocycles. The highest BCUT2D eigenvalue weighted by molar-refractivity contribution is 5.48. The van der Waals surface area contributed by atoms with Crippen LogP contribution < -0.4 is 0 Å². The van der Waals surface area contributed by atoms with Crippen LogP contribution in [-0.4, -0.2) is 26.5 Å². The first kappa shape index (κ1) is 9.61. The van der Waals surface area contributed by atoms with Gasteiger partial charge in [0.25, 0.3) is 0 Å². The number of aliphatic hydroxyl groups is 1. The molecule has 2 heterocycles. The highest BCUT2D eigenvalue weighted by Gasteiger charge is 1.95. The maximum atomic E-state index is 8.61. The molecule has 15 heavy (non-hydrogen) atoms. The van der Waals surface area contributed by atoms with Crippen LogP contribution >= 0.6 is 0 Å². The second kappa shape index (κ2) is 4.52. The van der Waals surface area contributed by atoms with E-state index in [1.807, 2.05) is 30.5 Å². The fraction of sp³-hybridized carbons (Fsp3) is 0.0909. The van der Waals surface area contributed by atoms with Gasteiger partial charge in [0.2, 0.25) is 0 Å². The van der Waals surface area contributed by atoms with E-state index in [1.54, 1.807) is 23.2 Å². The van der Waals surface area contributed by atoms with E-state index in [-0.39, 0.29) is 6.61 Å². The van der Waals surface area contributed by atoms with Gasteiger partial charge in [-0.25, -0.2) is 9.67 Å². The Morgan fingerprint density at radius 1 is 1.40 bits per heavy atom. The molecule has 0 unspecified atom stereocenters. The summed E-state index contributed by atoms with van der Waals surface area (Å²) in [6.45, 7) is 0.0426. The molecule has 0 spiro atoms. The van der Waals surface area contributed by atoms with Crippen molar-refractivity contribution in [2.24, 2.45) is 0 Å². The maximum absolute atomic E-state index is 8.61. The molecule has 0 amide bonds. The summed E-state index contributed by atoms with van der Waals surface area (Å²) in [5.41, 5.74) is 0.958. The predicted octanol–water partition coefficient (Wildman–Crippen LogP) is 1.27. The fourth-order valence-corrected chi connectivity index (χ4v) is 1.22. The van der Waals surface area contributed by atoms with Gasteiger partial charge >= 0.3 is 0 Å². The Hall–Kier alpha value is -1.94. The number of pyridine rings is 1. The molecular weight excluding hydrogens is 190 g/mol. The third-order valence-electron chi connectivity index (χ3n) is 1.93. The summed E-state index contributed by atoms with van der Waals surface area (Å²) >= 11 is 0. The molecule has 4 heteroatoms. The zero-order chi connectivity index (χ0) is 10.5. The molecule has 2 rings (SSSR count). The summed E-state index contributed by atoms with van der Waals surface area (Å²) in [6, 6.07) is 5.65. The molecule has 0 aliphatic heterocycles. The molecular formula is C11H11N3O. The normalized spacial score (nSPS) is 11.0. The highest BCUT2D eigenvalue weighted by atomic mass is 16.2. The Morgan fingerprint density at radius 3 is 2.93 bits per heavy atom. The van der Waals surface area contributed by atoms with Crippen LogP contribution in [0, 0.1) is 0 Å². The van der Waals surface area contributed by atoms with Crippen molar-refractivity contribution >= 4 is 6.08 Å². The van der Waals surface area contributed by atoms with Gasteiger partial charge in [0.05, 0.1) is 6.61 Å². The zero-order valence-electron chi connectivity index (χ0n) is 8.11. The third-order valence-corrected chi connectivity index (χ3v) is 1.93. The Labute approximate surface area is 87.5 Å². The topological polar surface area (TPSA) is 50.9 Å². The number of hydrogen-bond acceptors (Lipinski definition) is 3. The standard InChI is InChI=1S/C11H11N3O/c15-8-1-3-10-4-5-11(12-9-10)14-7-2-6-13-14/h1-7,9,15H,8H2/b3-1+. The summed E-state index contributed by atoms with van der Waals surface area (Å²) in [5.74, 6) is 0.779. The van der Waals surface area contributed by atoms with Gasteiger partial charge < -0.3 is 5.11 Å². The van der Waals surface area contributed by atoms with Crippen LogP contribution in [0.5, 0.6) is 0 Å². The van der Waals surface area contributed by atoms with Crippen molar-refractivity contribution in [1.82, 2.24) is 14.8 Å². The van der Waals surface area contributed by atoms with Gasteiger partial charge in [-0.3, -0.25) is 0 Å². The lowest BCUT2D eigenvalue weighted by atomic mass is 10.2. The van der Waals surface area contributed by atoms with Gasteiger partial charge in [0.1, 0.15) is 0 Å². The smallest absolute Gasteiger partial charge is 0.153 e. The van der Waals surface area contributed by atoms with E-state index in [4.69, 9.17) is 5.11 Å². The lowest BCUT2D eigenvalue weighted by molar-refractivity contribution is 0.343. The minimum absolute atomic E-state index is 0.0426. The number of rotatable bonds is 3. The van der Waals surface area contributed by atoms with Gasteiger partial charge in [0, 0.05) is 18.6 Å². The zero-order valence-corrected chi connectivity index (χ0v) is 8.11. The van der Waals surface area contributed by atoms with Crippen LogP contribution in [-0.2, 0) is 0 Å². The van der Waals surface area contributed by atoms with Crippen molar-refractivity contribution in [3.05, 3.63) is 48.4 Å². The van der Waals surface area contributed by atoms with Gasteiger partial charge in [-0.05, 0) is 23.8 Å². The molecule has 2 aromatic heterocycles. The van der Waals surface area contributed by atoms with Crippen molar-refractivity contribution < 1.29 is 5.11 Å². The lowest BCUT2D eigenvalue weighted by Crippen LogP contribution is -1.96. The molecule has 4 nitrogen and oxygen atoms in total. The van der Waals surface area contributed by atoms with Crippen LogP contribution in [0.3, 0.4) is 0 Å². The summed E-state index contributed by atoms with van der Waals surface area (Å²) in [5, 5.41) is 12.7. The van der Waals surface area contributed by atoms with E-state index in [0.29, 0.717) is 0 Å². The molecule has 0 fully saturated rings. The van der Waals surface area contributed by atoms with E-state index in [9.17, 15) is 0 Å². The Kier molecular flexibility index (Phi) is 2.90. The second-order valence-electron chi connectivity index (χ2n) is 2.99. The fourth-order valence-electron chi connectivity index (χ4n) is 1.22. The molecule has 76 valence electrons. The van der Waals surface area contributed by atoms with Crippen LogP contribution in [0.15, 0.2) is 42.9 Å². The van der Waals surface area contributed by atoms with Crippen molar-refractivity contribution in [2.45, 2.75) is 0 Å². The van der Waals surface area contributed by atoms with E-state index in [1.165, 1.54) is 0 Å². The average molecular weight is 201 g/mol. The highest BCUT2D eigenvalue weighted by Crippen LogP contribution is 2.05. The van der Waals surface area contributed by atoms with Crippen molar-refractivity contribution in [2.75, 3.05) is 6.61 Å². The van der Waals surface area contributed by atoms with Crippen molar-refractivity contribution in [1.29, 1.82) is 0 Å². The van der Waals surface area contributed by atoms with E-state index in [0.717, 1.165) is 11.4 Å². The number of aliphatic hydroxyl groups excluding tert-OH is 1. The van der Waals surface area contributed by atoms with Gasteiger partial charge in [0.15, 0.2) is 5.82 Å². The van der Waals surface area contributed by atoms with Gasteiger partial charge in [-0.15, -0.1) is 0 Å². The maximum Gasteiger partial charge on any atom is 0.153 e. The largest absolute Gasteiger partial charge is 0.392 e. The quantitative estimate of drug-likeness (QED) is 0.813. The first-order valence-corrected chi connectivity index (χ1v) is 4.63. The van der Waals surface area contributed by atoms with Crippen molar-refractivity contribution in [3.63, 3.8) is 0 Å². The predicted molar refractivity (Wildman–Crippen MR) is 57.5 cm³/mol. The van der Waals surface area contributed by atoms with E-state index < -0.39 is 0 Å². The Morgan fingerprint density at radius 2 is 2.33 bits per heavy atom. The average Bonchev–Trinajstić information content (AvgIpc) is 2.80. The minimum atomic E-state index is 0.0426. The Balaban J connectivity index is 2.21. The number of nitrogens with zero attached hydrogens (tertiary/aromatic N) is 3. The third kappa shape index (κ3) is 2.30. The second-order valence-corrected chi connectivity index (χ2v) is 2.99. The molecule has 0 aliphatic rings. The van der Waals surface area contributed by atoms with Crippen LogP contribution in [0.4, 0.5) is 0 Å². The first-order chi connectivity index (χ1) is 7.40. The first-order valence-electron chi connectivity index (χ1n) is 4.63. The van der Waals surface area contributed by atoms with Crippen LogP contribution in [0.1, 0.15) is 5.56 Å². The molecule has 0 saturated heterocycles. The van der Waals surface area contributed by atoms with Crippen molar-refractivity contribution in [3.8, 4) is 5.82 Å². The lowest BCUT2D eigenvalue weighted by Gasteiger charge is -1.99. The summed E-state index contributed by atoms with van der Waals surface area (Å²) < 4.78 is 1.69. The minimum Gasteiger partial charge on any atom is -0.392 e. The molecule has 0 saturated carbocycles. The molecule has 1 N–H and O–H groups in total. The summed E-state index contributed by atoms with van der Waals surface area (Å²) in [6.07, 6.45) is 8.78. The van der Waals surface area contributed by atoms with Crippen LogP contribution in [0.2, 0.25) is 0 Å². The summed E-state index contributed by atoms with van der Waals surface area (Å²) in [4.78, 5) is 4.24. The summed E-state index contributed by atoms with van der Waals surface area (Å²) in [7, 11) is 0.